The molecule has 3 N–H and O–H groups in total. The molecule has 2 atom stereocenters. The summed E-state index contributed by atoms with van der Waals surface area (Å²) in [6, 6.07) is 1.71. The highest BCUT2D eigenvalue weighted by atomic mass is 35.5. The fourth-order valence-electron chi connectivity index (χ4n) is 3.38. The van der Waals surface area contributed by atoms with Crippen molar-refractivity contribution in [1.29, 1.82) is 0 Å². The van der Waals surface area contributed by atoms with Crippen molar-refractivity contribution >= 4 is 28.8 Å². The van der Waals surface area contributed by atoms with Crippen LogP contribution in [-0.2, 0) is 4.74 Å². The first-order valence-electron chi connectivity index (χ1n) is 7.52. The molecule has 22 heavy (non-hydrogen) atoms. The number of nitrogens with one attached hydrogen (secondary N) is 2. The van der Waals surface area contributed by atoms with Gasteiger partial charge in [0.2, 0.25) is 0 Å². The van der Waals surface area contributed by atoms with E-state index in [9.17, 15) is 9.90 Å². The minimum atomic E-state index is -0.726. The fraction of sp³-hybridized carbons (Fsp3) is 0.667. The number of amides is 1. The fourth-order valence-corrected chi connectivity index (χ4v) is 4.42. The van der Waals surface area contributed by atoms with Crippen LogP contribution in [0.4, 0.5) is 0 Å². The van der Waals surface area contributed by atoms with Gasteiger partial charge in [0.25, 0.3) is 5.91 Å². The van der Waals surface area contributed by atoms with Gasteiger partial charge in [0.15, 0.2) is 0 Å². The smallest absolute Gasteiger partial charge is 0.263 e. The first-order chi connectivity index (χ1) is 10.4. The molecule has 122 valence electrons. The average molecular weight is 345 g/mol. The number of piperidine rings is 1. The molecule has 1 amide bonds. The maximum atomic E-state index is 12.5. The van der Waals surface area contributed by atoms with Gasteiger partial charge in [-0.05, 0) is 44.3 Å². The van der Waals surface area contributed by atoms with Crippen molar-refractivity contribution in [2.45, 2.75) is 43.4 Å². The maximum absolute atomic E-state index is 12.5. The van der Waals surface area contributed by atoms with Crippen molar-refractivity contribution in [1.82, 2.24) is 10.6 Å². The molecule has 0 aliphatic carbocycles. The second kappa shape index (κ2) is 6.09. The molecule has 5 nitrogen and oxygen atoms in total. The molecule has 2 aliphatic rings. The Kier molecular flexibility index (Phi) is 4.49. The van der Waals surface area contributed by atoms with E-state index in [2.05, 4.69) is 10.6 Å². The van der Waals surface area contributed by atoms with Crippen LogP contribution in [0.5, 0.6) is 0 Å². The first kappa shape index (κ1) is 16.2. The third-order valence-corrected chi connectivity index (χ3v) is 6.05. The van der Waals surface area contributed by atoms with Gasteiger partial charge in [0, 0.05) is 6.42 Å². The summed E-state index contributed by atoms with van der Waals surface area (Å²) in [7, 11) is 0. The number of aliphatic hydroxyl groups excluding tert-OH is 1. The highest BCUT2D eigenvalue weighted by molar-refractivity contribution is 7.12. The van der Waals surface area contributed by atoms with E-state index in [-0.39, 0.29) is 18.1 Å². The third-order valence-electron chi connectivity index (χ3n) is 4.71. The van der Waals surface area contributed by atoms with Gasteiger partial charge in [-0.15, -0.1) is 11.3 Å². The molecular formula is C15H21ClN2O3S. The highest BCUT2D eigenvalue weighted by Gasteiger charge is 2.49. The predicted octanol–water partition coefficient (Wildman–Crippen LogP) is 1.79. The quantitative estimate of drug-likeness (QED) is 0.765. The van der Waals surface area contributed by atoms with Gasteiger partial charge in [-0.2, -0.15) is 0 Å². The van der Waals surface area contributed by atoms with E-state index >= 15 is 0 Å². The summed E-state index contributed by atoms with van der Waals surface area (Å²) in [4.78, 5) is 13.0. The van der Waals surface area contributed by atoms with Crippen LogP contribution in [0.1, 0.15) is 35.9 Å². The minimum absolute atomic E-state index is 0.229. The van der Waals surface area contributed by atoms with E-state index in [0.717, 1.165) is 25.9 Å². The van der Waals surface area contributed by atoms with Gasteiger partial charge in [-0.25, -0.2) is 0 Å². The molecule has 1 aromatic rings. The van der Waals surface area contributed by atoms with E-state index in [0.29, 0.717) is 16.3 Å². The van der Waals surface area contributed by atoms with Crippen LogP contribution in [0.15, 0.2) is 11.4 Å². The second-order valence-electron chi connectivity index (χ2n) is 6.41. The number of halogens is 1. The zero-order chi connectivity index (χ0) is 15.8. The van der Waals surface area contributed by atoms with Gasteiger partial charge in [-0.3, -0.25) is 4.79 Å². The number of thiophene rings is 1. The van der Waals surface area contributed by atoms with Crippen LogP contribution in [0.25, 0.3) is 0 Å². The molecule has 3 rings (SSSR count). The summed E-state index contributed by atoms with van der Waals surface area (Å²) in [5.41, 5.74) is -0.967. The molecule has 2 aliphatic heterocycles. The number of carbonyl (C=O) groups excluding carboxylic acids is 1. The van der Waals surface area contributed by atoms with E-state index in [4.69, 9.17) is 16.3 Å². The number of rotatable bonds is 2. The summed E-state index contributed by atoms with van der Waals surface area (Å²) in [6.45, 7) is 3.94. The summed E-state index contributed by atoms with van der Waals surface area (Å²) < 4.78 is 5.95. The first-order valence-corrected chi connectivity index (χ1v) is 8.78. The Morgan fingerprint density at radius 1 is 1.55 bits per heavy atom. The van der Waals surface area contributed by atoms with Crippen LogP contribution in [-0.4, -0.2) is 48.0 Å². The molecular weight excluding hydrogens is 324 g/mol. The van der Waals surface area contributed by atoms with Gasteiger partial charge in [-0.1, -0.05) is 11.6 Å². The van der Waals surface area contributed by atoms with E-state index in [1.165, 1.54) is 11.3 Å². The minimum Gasteiger partial charge on any atom is -0.388 e. The Morgan fingerprint density at radius 2 is 2.27 bits per heavy atom. The van der Waals surface area contributed by atoms with Crippen LogP contribution in [0.2, 0.25) is 5.02 Å². The van der Waals surface area contributed by atoms with Crippen molar-refractivity contribution in [3.63, 3.8) is 0 Å². The Labute approximate surface area is 139 Å². The van der Waals surface area contributed by atoms with E-state index < -0.39 is 11.6 Å². The molecule has 3 heterocycles. The van der Waals surface area contributed by atoms with Crippen LogP contribution in [0, 0.1) is 0 Å². The Bertz CT molecular complexity index is 559. The molecule has 0 aromatic carbocycles. The molecule has 1 aromatic heterocycles. The molecule has 2 fully saturated rings. The number of aliphatic hydroxyl groups is 1. The molecule has 0 radical (unpaired) electrons. The lowest BCUT2D eigenvalue weighted by molar-refractivity contribution is -0.169. The lowest BCUT2D eigenvalue weighted by Crippen LogP contribution is -2.65. The zero-order valence-corrected chi connectivity index (χ0v) is 14.1. The Morgan fingerprint density at radius 3 is 2.91 bits per heavy atom. The Balaban J connectivity index is 1.77. The highest BCUT2D eigenvalue weighted by Crippen LogP contribution is 2.38. The van der Waals surface area contributed by atoms with E-state index in [1.54, 1.807) is 11.4 Å². The summed E-state index contributed by atoms with van der Waals surface area (Å²) in [5, 5.41) is 18.9. The molecule has 1 spiro atoms. The Hall–Kier alpha value is -0.660. The topological polar surface area (TPSA) is 70.6 Å². The third kappa shape index (κ3) is 3.03. The second-order valence-corrected chi connectivity index (χ2v) is 7.73. The van der Waals surface area contributed by atoms with Crippen molar-refractivity contribution in [3.8, 4) is 0 Å². The van der Waals surface area contributed by atoms with Gasteiger partial charge >= 0.3 is 0 Å². The van der Waals surface area contributed by atoms with Crippen molar-refractivity contribution in [2.75, 3.05) is 19.7 Å². The summed E-state index contributed by atoms with van der Waals surface area (Å²) in [6.07, 6.45) is 1.67. The van der Waals surface area contributed by atoms with Gasteiger partial charge in [0.05, 0.1) is 22.8 Å². The van der Waals surface area contributed by atoms with Crippen molar-refractivity contribution in [3.05, 3.63) is 21.3 Å². The number of carbonyl (C=O) groups is 1. The summed E-state index contributed by atoms with van der Waals surface area (Å²) >= 11 is 7.34. The molecule has 0 bridgehead atoms. The van der Waals surface area contributed by atoms with Crippen LogP contribution >= 0.6 is 22.9 Å². The maximum Gasteiger partial charge on any atom is 0.263 e. The monoisotopic (exact) mass is 344 g/mol. The standard InChI is InChI=1S/C15H21ClN2O3S/c1-14(18-13(20)12-10(16)2-7-22-12)9-15(21-8-11(14)19)3-5-17-6-4-15/h2,7,11,17,19H,3-6,8-9H2,1H3,(H,18,20)/t11-,14-/m0/s1. The normalized spacial score (nSPS) is 31.1. The van der Waals surface area contributed by atoms with Crippen molar-refractivity contribution in [2.24, 2.45) is 0 Å². The van der Waals surface area contributed by atoms with Crippen molar-refractivity contribution < 1.29 is 14.6 Å². The molecule has 2 saturated heterocycles. The SMILES string of the molecule is C[C@]1(NC(=O)c2sccc2Cl)CC2(CCNCC2)OC[C@@H]1O. The number of hydrogen-bond donors (Lipinski definition) is 3. The molecule has 7 heteroatoms. The van der Waals surface area contributed by atoms with E-state index in [1.807, 2.05) is 6.92 Å². The average Bonchev–Trinajstić information content (AvgIpc) is 2.91. The molecule has 0 saturated carbocycles. The van der Waals surface area contributed by atoms with Crippen LogP contribution in [0.3, 0.4) is 0 Å². The lowest BCUT2D eigenvalue weighted by atomic mass is 9.75. The number of hydrogen-bond acceptors (Lipinski definition) is 5. The van der Waals surface area contributed by atoms with Gasteiger partial charge in [0.1, 0.15) is 11.0 Å². The molecule has 0 unspecified atom stereocenters. The lowest BCUT2D eigenvalue weighted by Gasteiger charge is -2.50. The summed E-state index contributed by atoms with van der Waals surface area (Å²) in [5.74, 6) is -0.229. The van der Waals surface area contributed by atoms with Crippen LogP contribution < -0.4 is 10.6 Å². The number of ether oxygens (including phenoxy) is 1. The predicted molar refractivity (Wildman–Crippen MR) is 86.6 cm³/mol. The van der Waals surface area contributed by atoms with Gasteiger partial charge < -0.3 is 20.5 Å². The zero-order valence-electron chi connectivity index (χ0n) is 12.5. The largest absolute Gasteiger partial charge is 0.388 e.